The van der Waals surface area contributed by atoms with Crippen molar-refractivity contribution in [3.8, 4) is 28.4 Å². The highest BCUT2D eigenvalue weighted by atomic mass is 35.5. The summed E-state index contributed by atoms with van der Waals surface area (Å²) in [6.45, 7) is 3.75. The number of hydrogen-bond donors (Lipinski definition) is 3. The number of ether oxygens (including phenoxy) is 1. The smallest absolute Gasteiger partial charge is 0.138 e. The molecule has 8 heteroatoms. The number of nitrogens with zero attached hydrogens (tertiary/aromatic N) is 3. The minimum Gasteiger partial charge on any atom is -0.492 e. The molecule has 0 aliphatic heterocycles. The number of H-pyrrole nitrogens is 1. The zero-order valence-electron chi connectivity index (χ0n) is 20.7. The second-order valence-corrected chi connectivity index (χ2v) is 9.23. The molecule has 0 spiro atoms. The van der Waals surface area contributed by atoms with Gasteiger partial charge in [0.15, 0.2) is 0 Å². The average molecular weight is 513 g/mol. The summed E-state index contributed by atoms with van der Waals surface area (Å²) in [6.07, 6.45) is 3.62. The largest absolute Gasteiger partial charge is 0.492 e. The third kappa shape index (κ3) is 5.90. The molecule has 0 unspecified atom stereocenters. The van der Waals surface area contributed by atoms with Crippen LogP contribution in [0.5, 0.6) is 5.75 Å². The first kappa shape index (κ1) is 24.7. The van der Waals surface area contributed by atoms with E-state index in [0.29, 0.717) is 24.7 Å². The normalized spacial score (nSPS) is 11.1. The summed E-state index contributed by atoms with van der Waals surface area (Å²) in [5.41, 5.74) is 11.8. The lowest BCUT2D eigenvalue weighted by Gasteiger charge is -2.08. The van der Waals surface area contributed by atoms with E-state index in [1.54, 1.807) is 6.20 Å². The predicted molar refractivity (Wildman–Crippen MR) is 150 cm³/mol. The van der Waals surface area contributed by atoms with Gasteiger partial charge in [-0.1, -0.05) is 35.9 Å². The van der Waals surface area contributed by atoms with Gasteiger partial charge in [-0.25, -0.2) is 4.98 Å². The van der Waals surface area contributed by atoms with Crippen LogP contribution in [-0.4, -0.2) is 33.1 Å². The number of pyridine rings is 2. The maximum Gasteiger partial charge on any atom is 0.138 e. The van der Waals surface area contributed by atoms with Gasteiger partial charge in [-0.05, 0) is 68.8 Å². The van der Waals surface area contributed by atoms with Crippen molar-refractivity contribution < 1.29 is 4.74 Å². The van der Waals surface area contributed by atoms with E-state index >= 15 is 0 Å². The Morgan fingerprint density at radius 2 is 1.89 bits per heavy atom. The van der Waals surface area contributed by atoms with E-state index < -0.39 is 0 Å². The summed E-state index contributed by atoms with van der Waals surface area (Å²) >= 11 is 6.33. The fourth-order valence-electron chi connectivity index (χ4n) is 4.14. The Kier molecular flexibility index (Phi) is 7.63. The molecule has 2 aromatic carbocycles. The molecule has 0 saturated heterocycles. The van der Waals surface area contributed by atoms with Crippen molar-refractivity contribution in [1.29, 1.82) is 0 Å². The SMILES string of the molecule is Cc1cccc(-c2nc(CNc3ccccc3Cl)[nH]c2-c2ccc3ncc(OCCCCN)cc3c2)n1. The van der Waals surface area contributed by atoms with Crippen LogP contribution >= 0.6 is 11.6 Å². The molecule has 5 aromatic rings. The highest BCUT2D eigenvalue weighted by molar-refractivity contribution is 6.33. The minimum absolute atomic E-state index is 0.485. The first-order valence-electron chi connectivity index (χ1n) is 12.3. The Labute approximate surface area is 221 Å². The molecule has 0 fully saturated rings. The number of unbranched alkanes of at least 4 members (excludes halogenated alkanes) is 1. The molecule has 0 bridgehead atoms. The lowest BCUT2D eigenvalue weighted by Crippen LogP contribution is -2.03. The van der Waals surface area contributed by atoms with Gasteiger partial charge in [-0.3, -0.25) is 9.97 Å². The summed E-state index contributed by atoms with van der Waals surface area (Å²) in [7, 11) is 0. The maximum atomic E-state index is 6.33. The number of nitrogens with one attached hydrogen (secondary N) is 2. The summed E-state index contributed by atoms with van der Waals surface area (Å²) in [4.78, 5) is 17.7. The average Bonchev–Trinajstić information content (AvgIpc) is 3.35. The molecular weight excluding hydrogens is 484 g/mol. The van der Waals surface area contributed by atoms with Crippen molar-refractivity contribution >= 4 is 28.2 Å². The number of aryl methyl sites for hydroxylation is 1. The summed E-state index contributed by atoms with van der Waals surface area (Å²) in [5, 5.41) is 5.02. The molecule has 0 saturated carbocycles. The van der Waals surface area contributed by atoms with Crippen molar-refractivity contribution in [3.05, 3.63) is 89.5 Å². The first-order chi connectivity index (χ1) is 18.1. The van der Waals surface area contributed by atoms with E-state index in [9.17, 15) is 0 Å². The molecule has 7 nitrogen and oxygen atoms in total. The van der Waals surface area contributed by atoms with Crippen LogP contribution < -0.4 is 15.8 Å². The Morgan fingerprint density at radius 1 is 1.00 bits per heavy atom. The molecule has 5 rings (SSSR count). The Balaban J connectivity index is 1.49. The maximum absolute atomic E-state index is 6.33. The molecule has 3 heterocycles. The molecule has 37 heavy (non-hydrogen) atoms. The molecule has 0 radical (unpaired) electrons. The number of nitrogens with two attached hydrogens (primary N) is 1. The van der Waals surface area contributed by atoms with Crippen molar-refractivity contribution in [3.63, 3.8) is 0 Å². The van der Waals surface area contributed by atoms with Gasteiger partial charge in [0.1, 0.15) is 17.3 Å². The van der Waals surface area contributed by atoms with Crippen LogP contribution in [0.15, 0.2) is 72.9 Å². The zero-order valence-corrected chi connectivity index (χ0v) is 21.4. The van der Waals surface area contributed by atoms with Crippen LogP contribution in [0.1, 0.15) is 24.4 Å². The van der Waals surface area contributed by atoms with Crippen molar-refractivity contribution in [2.45, 2.75) is 26.3 Å². The van der Waals surface area contributed by atoms with Crippen molar-refractivity contribution in [2.75, 3.05) is 18.5 Å². The molecule has 4 N–H and O–H groups in total. The molecule has 188 valence electrons. The predicted octanol–water partition coefficient (Wildman–Crippen LogP) is 6.38. The van der Waals surface area contributed by atoms with Crippen LogP contribution in [0, 0.1) is 6.92 Å². The van der Waals surface area contributed by atoms with E-state index in [-0.39, 0.29) is 0 Å². The molecular formula is C29H29ClN6O. The number of aromatic nitrogens is 4. The third-order valence-electron chi connectivity index (χ3n) is 6.02. The van der Waals surface area contributed by atoms with Gasteiger partial charge in [-0.15, -0.1) is 0 Å². The van der Waals surface area contributed by atoms with Gasteiger partial charge >= 0.3 is 0 Å². The van der Waals surface area contributed by atoms with Gasteiger partial charge in [0.2, 0.25) is 0 Å². The number of anilines is 1. The number of para-hydroxylation sites is 1. The third-order valence-corrected chi connectivity index (χ3v) is 6.35. The number of hydrogen-bond acceptors (Lipinski definition) is 6. The molecule has 0 atom stereocenters. The number of aromatic amines is 1. The van der Waals surface area contributed by atoms with Gasteiger partial charge in [0.25, 0.3) is 0 Å². The van der Waals surface area contributed by atoms with Crippen LogP contribution in [0.3, 0.4) is 0 Å². The topological polar surface area (TPSA) is 102 Å². The summed E-state index contributed by atoms with van der Waals surface area (Å²) in [6, 6.07) is 21.8. The molecule has 0 amide bonds. The van der Waals surface area contributed by atoms with E-state index in [4.69, 9.17) is 32.0 Å². The van der Waals surface area contributed by atoms with Gasteiger partial charge in [0.05, 0.1) is 47.0 Å². The molecule has 0 aliphatic rings. The number of fused-ring (bicyclic) bond motifs is 1. The lowest BCUT2D eigenvalue weighted by molar-refractivity contribution is 0.307. The van der Waals surface area contributed by atoms with E-state index in [1.807, 2.05) is 61.5 Å². The lowest BCUT2D eigenvalue weighted by atomic mass is 10.1. The Bertz CT molecular complexity index is 1520. The second-order valence-electron chi connectivity index (χ2n) is 8.83. The quantitative estimate of drug-likeness (QED) is 0.188. The van der Waals surface area contributed by atoms with Crippen LogP contribution in [0.2, 0.25) is 5.02 Å². The zero-order chi connectivity index (χ0) is 25.6. The van der Waals surface area contributed by atoms with Gasteiger partial charge in [-0.2, -0.15) is 0 Å². The van der Waals surface area contributed by atoms with Crippen LogP contribution in [0.25, 0.3) is 33.5 Å². The van der Waals surface area contributed by atoms with Gasteiger partial charge < -0.3 is 20.8 Å². The highest BCUT2D eigenvalue weighted by Crippen LogP contribution is 2.32. The number of benzene rings is 2. The number of imidazole rings is 1. The minimum atomic E-state index is 0.485. The highest BCUT2D eigenvalue weighted by Gasteiger charge is 2.16. The fourth-order valence-corrected chi connectivity index (χ4v) is 4.34. The van der Waals surface area contributed by atoms with E-state index in [0.717, 1.165) is 69.3 Å². The van der Waals surface area contributed by atoms with Crippen molar-refractivity contribution in [1.82, 2.24) is 19.9 Å². The van der Waals surface area contributed by atoms with E-state index in [2.05, 4.69) is 27.4 Å². The van der Waals surface area contributed by atoms with Crippen LogP contribution in [-0.2, 0) is 6.54 Å². The van der Waals surface area contributed by atoms with Crippen molar-refractivity contribution in [2.24, 2.45) is 5.73 Å². The van der Waals surface area contributed by atoms with Crippen LogP contribution in [0.4, 0.5) is 5.69 Å². The Morgan fingerprint density at radius 3 is 2.73 bits per heavy atom. The van der Waals surface area contributed by atoms with E-state index in [1.165, 1.54) is 0 Å². The second kappa shape index (κ2) is 11.4. The number of rotatable bonds is 10. The first-order valence-corrected chi connectivity index (χ1v) is 12.7. The monoisotopic (exact) mass is 512 g/mol. The fraction of sp³-hybridized carbons (Fsp3) is 0.207. The molecule has 0 aliphatic carbocycles. The van der Waals surface area contributed by atoms with Gasteiger partial charge in [0, 0.05) is 16.6 Å². The Hall–Kier alpha value is -3.94. The summed E-state index contributed by atoms with van der Waals surface area (Å²) in [5.74, 6) is 1.53. The standard InChI is InChI=1S/C29H29ClN6O/c1-19-7-6-10-26(34-19)29-28(35-27(36-29)18-33-25-9-3-2-8-23(25)30)20-11-12-24-21(15-20)16-22(17-32-24)37-14-5-4-13-31/h2-3,6-12,15-17,33H,4-5,13-14,18,31H2,1H3,(H,35,36). The summed E-state index contributed by atoms with van der Waals surface area (Å²) < 4.78 is 5.89. The molecule has 3 aromatic heterocycles. The number of halogens is 1.